The number of Topliss-reactive ketones (excluding diaryl/α,β-unsaturated/α-hetero) is 1. The Balaban J connectivity index is 1.54. The van der Waals surface area contributed by atoms with Crippen LogP contribution in [0.1, 0.15) is 64.3 Å². The summed E-state index contributed by atoms with van der Waals surface area (Å²) in [5.74, 6) is 1.42. The van der Waals surface area contributed by atoms with Gasteiger partial charge in [0.15, 0.2) is 11.9 Å². The van der Waals surface area contributed by atoms with Gasteiger partial charge in [-0.2, -0.15) is 10.2 Å². The maximum absolute atomic E-state index is 13.7. The van der Waals surface area contributed by atoms with Crippen molar-refractivity contribution in [3.63, 3.8) is 0 Å². The minimum absolute atomic E-state index is 0.0577. The monoisotopic (exact) mass is 441 g/mol. The molecule has 2 atom stereocenters. The quantitative estimate of drug-likeness (QED) is 0.688. The summed E-state index contributed by atoms with van der Waals surface area (Å²) in [5.41, 5.74) is 5.97. The van der Waals surface area contributed by atoms with Crippen molar-refractivity contribution in [3.8, 4) is 11.3 Å². The van der Waals surface area contributed by atoms with Crippen molar-refractivity contribution < 1.29 is 4.79 Å². The van der Waals surface area contributed by atoms with Gasteiger partial charge in [0, 0.05) is 41.8 Å². The van der Waals surface area contributed by atoms with Crippen molar-refractivity contribution in [3.05, 3.63) is 64.9 Å². The molecule has 0 spiro atoms. The Labute approximate surface area is 194 Å². The first kappa shape index (κ1) is 20.6. The highest BCUT2D eigenvalue weighted by Gasteiger charge is 2.53. The minimum Gasteiger partial charge on any atom is -0.362 e. The van der Waals surface area contributed by atoms with Crippen LogP contribution in [0, 0.1) is 5.41 Å². The van der Waals surface area contributed by atoms with Gasteiger partial charge in [-0.25, -0.2) is 4.98 Å². The number of benzene rings is 1. The molecule has 4 heterocycles. The van der Waals surface area contributed by atoms with Crippen LogP contribution >= 0.6 is 0 Å². The van der Waals surface area contributed by atoms with Gasteiger partial charge < -0.3 is 9.88 Å². The number of fused-ring (bicyclic) bond motifs is 2. The van der Waals surface area contributed by atoms with Gasteiger partial charge in [0.25, 0.3) is 0 Å². The van der Waals surface area contributed by atoms with E-state index in [0.717, 1.165) is 53.8 Å². The number of imidazole rings is 1. The molecule has 0 bridgehead atoms. The Morgan fingerprint density at radius 3 is 2.94 bits per heavy atom. The van der Waals surface area contributed by atoms with Gasteiger partial charge in [-0.05, 0) is 42.7 Å². The molecule has 3 aliphatic heterocycles. The van der Waals surface area contributed by atoms with E-state index >= 15 is 0 Å². The van der Waals surface area contributed by atoms with Crippen LogP contribution < -0.4 is 5.32 Å². The largest absolute Gasteiger partial charge is 0.362 e. The molecule has 0 saturated carbocycles. The Hall–Kier alpha value is -3.02. The molecule has 0 radical (unpaired) electrons. The molecule has 1 N–H and O–H groups in total. The van der Waals surface area contributed by atoms with Gasteiger partial charge in [0.2, 0.25) is 0 Å². The van der Waals surface area contributed by atoms with Crippen molar-refractivity contribution in [2.45, 2.75) is 77.4 Å². The van der Waals surface area contributed by atoms with E-state index < -0.39 is 5.41 Å². The van der Waals surface area contributed by atoms with E-state index in [4.69, 9.17) is 4.98 Å². The van der Waals surface area contributed by atoms with Gasteiger partial charge >= 0.3 is 0 Å². The molecule has 1 aromatic heterocycles. The van der Waals surface area contributed by atoms with Gasteiger partial charge in [-0.3, -0.25) is 4.79 Å². The third-order valence-corrected chi connectivity index (χ3v) is 7.93. The number of nitrogens with one attached hydrogen (secondary N) is 1. The lowest BCUT2D eigenvalue weighted by Crippen LogP contribution is -2.51. The predicted octanol–water partition coefficient (Wildman–Crippen LogP) is 5.46. The van der Waals surface area contributed by atoms with Crippen LogP contribution in [0.3, 0.4) is 0 Å². The van der Waals surface area contributed by atoms with Gasteiger partial charge in [0.1, 0.15) is 5.82 Å². The van der Waals surface area contributed by atoms with E-state index in [9.17, 15) is 4.79 Å². The zero-order chi connectivity index (χ0) is 22.8. The van der Waals surface area contributed by atoms with Crippen LogP contribution in [0.15, 0.2) is 63.7 Å². The highest BCUT2D eigenvalue weighted by atomic mass is 16.1. The fraction of sp³-hybridized carbons (Fsp3) is 0.481. The van der Waals surface area contributed by atoms with E-state index in [1.807, 2.05) is 12.4 Å². The second-order valence-electron chi connectivity index (χ2n) is 10.7. The number of azo groups is 1. The molecule has 0 saturated heterocycles. The van der Waals surface area contributed by atoms with E-state index in [2.05, 4.69) is 65.1 Å². The second-order valence-corrected chi connectivity index (χ2v) is 10.7. The second kappa shape index (κ2) is 7.24. The molecule has 1 aliphatic carbocycles. The number of nitrogens with zero attached hydrogens (tertiary/aromatic N) is 4. The summed E-state index contributed by atoms with van der Waals surface area (Å²) >= 11 is 0. The summed E-state index contributed by atoms with van der Waals surface area (Å²) in [6.45, 7) is 7.56. The Morgan fingerprint density at radius 2 is 2.09 bits per heavy atom. The highest BCUT2D eigenvalue weighted by molar-refractivity contribution is 6.01. The molecule has 170 valence electrons. The fourth-order valence-corrected chi connectivity index (χ4v) is 6.48. The Kier molecular flexibility index (Phi) is 4.51. The Morgan fingerprint density at radius 1 is 1.21 bits per heavy atom. The molecule has 0 amide bonds. The summed E-state index contributed by atoms with van der Waals surface area (Å²) in [6.07, 6.45) is 9.36. The van der Waals surface area contributed by atoms with Crippen LogP contribution in [-0.4, -0.2) is 21.5 Å². The van der Waals surface area contributed by atoms with Crippen molar-refractivity contribution in [2.24, 2.45) is 15.6 Å². The SMILES string of the molecule is CCC1(c2cccc(-c3cnc4n3CCCC4)c2)C2=CN=NC2NC2=C1C(=O)CC(C)(C)C2. The number of hydrogen-bond donors (Lipinski definition) is 1. The predicted molar refractivity (Wildman–Crippen MR) is 127 cm³/mol. The lowest BCUT2D eigenvalue weighted by atomic mass is 9.58. The van der Waals surface area contributed by atoms with Crippen molar-refractivity contribution in [1.29, 1.82) is 0 Å². The molecule has 4 aliphatic rings. The number of carbonyl (C=O) groups is 1. The normalized spacial score (nSPS) is 27.5. The number of carbonyl (C=O) groups excluding carboxylic acids is 1. The molecule has 6 heteroatoms. The highest BCUT2D eigenvalue weighted by Crippen LogP contribution is 2.54. The van der Waals surface area contributed by atoms with E-state index in [1.54, 1.807) is 0 Å². The average Bonchev–Trinajstić information content (AvgIpc) is 3.44. The number of ketones is 1. The molecule has 6 rings (SSSR count). The van der Waals surface area contributed by atoms with Crippen molar-refractivity contribution in [2.75, 3.05) is 0 Å². The zero-order valence-electron chi connectivity index (χ0n) is 19.7. The minimum atomic E-state index is -0.511. The topological polar surface area (TPSA) is 71.6 Å². The number of aryl methyl sites for hydroxylation is 1. The van der Waals surface area contributed by atoms with Gasteiger partial charge in [-0.1, -0.05) is 39.0 Å². The molecule has 33 heavy (non-hydrogen) atoms. The van der Waals surface area contributed by atoms with Crippen molar-refractivity contribution in [1.82, 2.24) is 14.9 Å². The van der Waals surface area contributed by atoms with Crippen LogP contribution in [0.25, 0.3) is 11.3 Å². The molecule has 2 unspecified atom stereocenters. The fourth-order valence-electron chi connectivity index (χ4n) is 6.48. The molecule has 2 aromatic rings. The summed E-state index contributed by atoms with van der Waals surface area (Å²) in [5, 5.41) is 12.3. The third-order valence-electron chi connectivity index (χ3n) is 7.93. The first-order valence-electron chi connectivity index (χ1n) is 12.2. The van der Waals surface area contributed by atoms with E-state index in [1.165, 1.54) is 24.4 Å². The molecular formula is C27H31N5O. The maximum atomic E-state index is 13.7. The van der Waals surface area contributed by atoms with Crippen LogP contribution in [0.5, 0.6) is 0 Å². The van der Waals surface area contributed by atoms with Crippen LogP contribution in [-0.2, 0) is 23.2 Å². The third kappa shape index (κ3) is 2.99. The zero-order valence-corrected chi connectivity index (χ0v) is 19.7. The standard InChI is InChI=1S/C27H31N5O/c1-4-27(18-9-7-8-17(12-18)21-16-28-23-10-5-6-11-32(21)23)19-15-29-31-25(19)30-20-13-26(2,3)14-22(33)24(20)27/h7-9,12,15-16,25,30H,4-6,10-11,13-14H2,1-3H3. The molecule has 0 fully saturated rings. The van der Waals surface area contributed by atoms with Crippen LogP contribution in [0.4, 0.5) is 0 Å². The Bertz CT molecular complexity index is 1250. The number of aromatic nitrogens is 2. The number of hydrogen-bond acceptors (Lipinski definition) is 5. The van der Waals surface area contributed by atoms with E-state index in [-0.39, 0.29) is 17.4 Å². The average molecular weight is 442 g/mol. The van der Waals surface area contributed by atoms with Crippen molar-refractivity contribution >= 4 is 5.78 Å². The smallest absolute Gasteiger partial charge is 0.164 e. The first-order chi connectivity index (χ1) is 15.9. The summed E-state index contributed by atoms with van der Waals surface area (Å²) < 4.78 is 2.37. The lowest BCUT2D eigenvalue weighted by molar-refractivity contribution is -0.119. The number of rotatable bonds is 3. The number of allylic oxidation sites excluding steroid dienone is 2. The van der Waals surface area contributed by atoms with Gasteiger partial charge in [0.05, 0.1) is 23.5 Å². The lowest BCUT2D eigenvalue weighted by Gasteiger charge is -2.47. The molecular weight excluding hydrogens is 410 g/mol. The molecule has 1 aromatic carbocycles. The molecule has 6 nitrogen and oxygen atoms in total. The summed E-state index contributed by atoms with van der Waals surface area (Å²) in [4.78, 5) is 18.4. The maximum Gasteiger partial charge on any atom is 0.164 e. The summed E-state index contributed by atoms with van der Waals surface area (Å²) in [6, 6.07) is 8.76. The van der Waals surface area contributed by atoms with Crippen LogP contribution in [0.2, 0.25) is 0 Å². The first-order valence-corrected chi connectivity index (χ1v) is 12.2. The van der Waals surface area contributed by atoms with Gasteiger partial charge in [-0.15, -0.1) is 0 Å². The summed E-state index contributed by atoms with van der Waals surface area (Å²) in [7, 11) is 0. The van der Waals surface area contributed by atoms with E-state index in [0.29, 0.717) is 6.42 Å².